The largest absolute Gasteiger partial charge is 0.339 e. The van der Waals surface area contributed by atoms with E-state index in [1.165, 1.54) is 25.7 Å². The van der Waals surface area contributed by atoms with Crippen molar-refractivity contribution < 1.29 is 4.79 Å². The number of piperidine rings is 1. The number of amides is 1. The summed E-state index contributed by atoms with van der Waals surface area (Å²) in [4.78, 5) is 19.2. The van der Waals surface area contributed by atoms with Gasteiger partial charge in [-0.15, -0.1) is 0 Å². The quantitative estimate of drug-likeness (QED) is 0.729. The monoisotopic (exact) mass is 296 g/mol. The highest BCUT2D eigenvalue weighted by atomic mass is 16.2. The van der Waals surface area contributed by atoms with E-state index < -0.39 is 0 Å². The van der Waals surface area contributed by atoms with Gasteiger partial charge in [-0.1, -0.05) is 13.3 Å². The molecule has 2 fully saturated rings. The minimum atomic E-state index is 0.325. The molecule has 21 heavy (non-hydrogen) atoms. The molecule has 1 amide bonds. The van der Waals surface area contributed by atoms with E-state index in [0.717, 1.165) is 45.8 Å². The van der Waals surface area contributed by atoms with E-state index in [9.17, 15) is 4.79 Å². The van der Waals surface area contributed by atoms with E-state index in [2.05, 4.69) is 29.1 Å². The highest BCUT2D eigenvalue weighted by molar-refractivity contribution is 5.78. The van der Waals surface area contributed by atoms with Crippen molar-refractivity contribution in [1.29, 1.82) is 0 Å². The number of hydrogen-bond donors (Lipinski definition) is 1. The number of nitrogens with zero attached hydrogens (tertiary/aromatic N) is 3. The van der Waals surface area contributed by atoms with Gasteiger partial charge in [0.25, 0.3) is 0 Å². The molecule has 2 aliphatic heterocycles. The second kappa shape index (κ2) is 8.71. The molecule has 5 nitrogen and oxygen atoms in total. The Hall–Kier alpha value is -0.650. The van der Waals surface area contributed by atoms with E-state index in [4.69, 9.17) is 0 Å². The Morgan fingerprint density at radius 2 is 1.90 bits per heavy atom. The fourth-order valence-corrected chi connectivity index (χ4v) is 3.27. The number of nitrogens with one attached hydrogen (secondary N) is 1. The third-order valence-corrected chi connectivity index (χ3v) is 4.75. The molecule has 2 rings (SSSR count). The smallest absolute Gasteiger partial charge is 0.236 e. The van der Waals surface area contributed by atoms with Crippen LogP contribution in [0.1, 0.15) is 32.6 Å². The van der Waals surface area contributed by atoms with Crippen LogP contribution in [-0.4, -0.2) is 86.1 Å². The molecule has 0 spiro atoms. The zero-order valence-electron chi connectivity index (χ0n) is 13.8. The molecule has 1 N–H and O–H groups in total. The Morgan fingerprint density at radius 1 is 1.14 bits per heavy atom. The van der Waals surface area contributed by atoms with Gasteiger partial charge in [-0.2, -0.15) is 0 Å². The van der Waals surface area contributed by atoms with Crippen LogP contribution in [0.2, 0.25) is 0 Å². The first-order valence-corrected chi connectivity index (χ1v) is 8.61. The van der Waals surface area contributed by atoms with Gasteiger partial charge < -0.3 is 15.1 Å². The first kappa shape index (κ1) is 16.7. The average Bonchev–Trinajstić information content (AvgIpc) is 2.50. The fraction of sp³-hybridized carbons (Fsp3) is 0.938. The molecular formula is C16H32N4O. The standard InChI is InChI=1S/C16H32N4O/c1-3-7-17-13-15-6-4-5-8-20(15)14-16(21)19-11-9-18(2)10-12-19/h15,17H,3-14H2,1-2H3. The number of piperazine rings is 1. The molecule has 0 saturated carbocycles. The Balaban J connectivity index is 1.79. The molecule has 0 aromatic heterocycles. The van der Waals surface area contributed by atoms with Crippen molar-refractivity contribution in [3.8, 4) is 0 Å². The van der Waals surface area contributed by atoms with Crippen LogP contribution in [0.15, 0.2) is 0 Å². The van der Waals surface area contributed by atoms with Crippen molar-refractivity contribution in [2.24, 2.45) is 0 Å². The highest BCUT2D eigenvalue weighted by Gasteiger charge is 2.26. The topological polar surface area (TPSA) is 38.8 Å². The van der Waals surface area contributed by atoms with Crippen molar-refractivity contribution in [2.75, 3.05) is 59.4 Å². The summed E-state index contributed by atoms with van der Waals surface area (Å²) < 4.78 is 0. The Labute approximate surface area is 129 Å². The Kier molecular flexibility index (Phi) is 6.93. The molecule has 0 radical (unpaired) electrons. The van der Waals surface area contributed by atoms with Crippen molar-refractivity contribution in [2.45, 2.75) is 38.6 Å². The van der Waals surface area contributed by atoms with Gasteiger partial charge in [-0.3, -0.25) is 9.69 Å². The van der Waals surface area contributed by atoms with Crippen LogP contribution >= 0.6 is 0 Å². The van der Waals surface area contributed by atoms with Gasteiger partial charge >= 0.3 is 0 Å². The van der Waals surface area contributed by atoms with E-state index in [1.54, 1.807) is 0 Å². The minimum absolute atomic E-state index is 0.325. The third kappa shape index (κ3) is 5.24. The summed E-state index contributed by atoms with van der Waals surface area (Å²) in [6.07, 6.45) is 4.94. The second-order valence-corrected chi connectivity index (χ2v) is 6.51. The van der Waals surface area contributed by atoms with E-state index in [1.807, 2.05) is 4.90 Å². The van der Waals surface area contributed by atoms with Gasteiger partial charge in [-0.25, -0.2) is 0 Å². The van der Waals surface area contributed by atoms with Crippen LogP contribution in [-0.2, 0) is 4.79 Å². The van der Waals surface area contributed by atoms with Gasteiger partial charge in [0.15, 0.2) is 0 Å². The fourth-order valence-electron chi connectivity index (χ4n) is 3.27. The summed E-state index contributed by atoms with van der Waals surface area (Å²) in [5, 5.41) is 3.52. The first-order valence-electron chi connectivity index (χ1n) is 8.61. The van der Waals surface area contributed by atoms with Gasteiger partial charge in [0.05, 0.1) is 6.54 Å². The maximum absolute atomic E-state index is 12.5. The van der Waals surface area contributed by atoms with Gasteiger partial charge in [0.2, 0.25) is 5.91 Å². The lowest BCUT2D eigenvalue weighted by atomic mass is 10.0. The molecule has 2 saturated heterocycles. The van der Waals surface area contributed by atoms with E-state index in [-0.39, 0.29) is 0 Å². The summed E-state index contributed by atoms with van der Waals surface area (Å²) in [5.41, 5.74) is 0. The predicted octanol–water partition coefficient (Wildman–Crippen LogP) is 0.615. The van der Waals surface area contributed by atoms with Crippen LogP contribution in [0.3, 0.4) is 0 Å². The summed E-state index contributed by atoms with van der Waals surface area (Å²) in [7, 11) is 2.13. The van der Waals surface area contributed by atoms with Crippen LogP contribution in [0.4, 0.5) is 0 Å². The van der Waals surface area contributed by atoms with E-state index >= 15 is 0 Å². The van der Waals surface area contributed by atoms with Crippen LogP contribution in [0.5, 0.6) is 0 Å². The maximum Gasteiger partial charge on any atom is 0.236 e. The minimum Gasteiger partial charge on any atom is -0.339 e. The zero-order valence-corrected chi connectivity index (χ0v) is 13.8. The van der Waals surface area contributed by atoms with Crippen LogP contribution < -0.4 is 5.32 Å². The lowest BCUT2D eigenvalue weighted by Gasteiger charge is -2.38. The van der Waals surface area contributed by atoms with Crippen LogP contribution in [0.25, 0.3) is 0 Å². The Bertz CT molecular complexity index is 315. The number of likely N-dealkylation sites (tertiary alicyclic amines) is 1. The van der Waals surface area contributed by atoms with Gasteiger partial charge in [-0.05, 0) is 39.4 Å². The number of hydrogen-bond acceptors (Lipinski definition) is 4. The normalized spacial score (nSPS) is 25.2. The molecule has 2 aliphatic rings. The second-order valence-electron chi connectivity index (χ2n) is 6.51. The molecule has 0 bridgehead atoms. The summed E-state index contributed by atoms with van der Waals surface area (Å²) in [5.74, 6) is 0.325. The molecule has 122 valence electrons. The molecular weight excluding hydrogens is 264 g/mol. The number of carbonyl (C=O) groups excluding carboxylic acids is 1. The molecule has 5 heteroatoms. The number of carbonyl (C=O) groups is 1. The third-order valence-electron chi connectivity index (χ3n) is 4.75. The average molecular weight is 296 g/mol. The summed E-state index contributed by atoms with van der Waals surface area (Å²) in [6, 6.07) is 0.543. The van der Waals surface area contributed by atoms with Crippen molar-refractivity contribution >= 4 is 5.91 Å². The summed E-state index contributed by atoms with van der Waals surface area (Å²) >= 11 is 0. The van der Waals surface area contributed by atoms with Crippen molar-refractivity contribution in [1.82, 2.24) is 20.0 Å². The molecule has 1 unspecified atom stereocenters. The molecule has 2 heterocycles. The van der Waals surface area contributed by atoms with Crippen molar-refractivity contribution in [3.63, 3.8) is 0 Å². The summed E-state index contributed by atoms with van der Waals surface area (Å²) in [6.45, 7) is 9.80. The SMILES string of the molecule is CCCNCC1CCCCN1CC(=O)N1CCN(C)CC1. The zero-order chi connectivity index (χ0) is 15.1. The Morgan fingerprint density at radius 3 is 2.62 bits per heavy atom. The highest BCUT2D eigenvalue weighted by Crippen LogP contribution is 2.16. The van der Waals surface area contributed by atoms with E-state index in [0.29, 0.717) is 18.5 Å². The number of likely N-dealkylation sites (N-methyl/N-ethyl adjacent to an activating group) is 1. The number of rotatable bonds is 6. The molecule has 0 aliphatic carbocycles. The lowest BCUT2D eigenvalue weighted by Crippen LogP contribution is -2.53. The maximum atomic E-state index is 12.5. The van der Waals surface area contributed by atoms with Gasteiger partial charge in [0, 0.05) is 38.8 Å². The van der Waals surface area contributed by atoms with Crippen LogP contribution in [0, 0.1) is 0 Å². The predicted molar refractivity (Wildman–Crippen MR) is 86.4 cm³/mol. The van der Waals surface area contributed by atoms with Crippen molar-refractivity contribution in [3.05, 3.63) is 0 Å². The van der Waals surface area contributed by atoms with Gasteiger partial charge in [0.1, 0.15) is 0 Å². The lowest BCUT2D eigenvalue weighted by molar-refractivity contribution is -0.134. The molecule has 0 aromatic carbocycles. The molecule has 1 atom stereocenters. The molecule has 0 aromatic rings. The first-order chi connectivity index (χ1) is 10.2.